The molecule has 1 aromatic rings. The molecule has 0 unspecified atom stereocenters. The smallest absolute Gasteiger partial charge is 0.335 e. The molecule has 1 aromatic carbocycles. The summed E-state index contributed by atoms with van der Waals surface area (Å²) in [6.45, 7) is 3.38. The van der Waals surface area contributed by atoms with E-state index in [4.69, 9.17) is 5.11 Å². The van der Waals surface area contributed by atoms with Crippen molar-refractivity contribution in [1.82, 2.24) is 0 Å². The van der Waals surface area contributed by atoms with Crippen molar-refractivity contribution < 1.29 is 14.3 Å². The van der Waals surface area contributed by atoms with E-state index in [0.29, 0.717) is 17.5 Å². The van der Waals surface area contributed by atoms with Crippen molar-refractivity contribution >= 4 is 5.97 Å². The Bertz CT molecular complexity index is 345. The maximum atomic E-state index is 13.1. The van der Waals surface area contributed by atoms with E-state index in [2.05, 4.69) is 0 Å². The number of hydrogen-bond donors (Lipinski definition) is 1. The molecule has 0 fully saturated rings. The summed E-state index contributed by atoms with van der Waals surface area (Å²) in [4.78, 5) is 10.7. The summed E-state index contributed by atoms with van der Waals surface area (Å²) in [5, 5.41) is 8.75. The van der Waals surface area contributed by atoms with Crippen LogP contribution in [0, 0.1) is 12.7 Å². The fourth-order valence-corrected chi connectivity index (χ4v) is 1.22. The molecule has 0 amide bonds. The van der Waals surface area contributed by atoms with Crippen molar-refractivity contribution in [3.8, 4) is 0 Å². The molecule has 0 heterocycles. The summed E-state index contributed by atoms with van der Waals surface area (Å²) in [6, 6.07) is 2.66. The van der Waals surface area contributed by atoms with Gasteiger partial charge in [0.15, 0.2) is 0 Å². The van der Waals surface area contributed by atoms with Crippen LogP contribution in [-0.2, 0) is 6.42 Å². The van der Waals surface area contributed by atoms with Gasteiger partial charge in [-0.3, -0.25) is 0 Å². The van der Waals surface area contributed by atoms with Crippen LogP contribution in [0.25, 0.3) is 0 Å². The molecule has 0 saturated carbocycles. The second-order valence-electron chi connectivity index (χ2n) is 2.92. The molecule has 0 aliphatic carbocycles. The van der Waals surface area contributed by atoms with Gasteiger partial charge in [-0.1, -0.05) is 6.92 Å². The Balaban J connectivity index is 3.30. The van der Waals surface area contributed by atoms with Crippen LogP contribution in [0.3, 0.4) is 0 Å². The maximum absolute atomic E-state index is 13.1. The second-order valence-corrected chi connectivity index (χ2v) is 2.92. The van der Waals surface area contributed by atoms with Gasteiger partial charge in [-0.2, -0.15) is 0 Å². The van der Waals surface area contributed by atoms with Crippen LogP contribution in [0.4, 0.5) is 4.39 Å². The van der Waals surface area contributed by atoms with Crippen molar-refractivity contribution in [2.45, 2.75) is 20.3 Å². The van der Waals surface area contributed by atoms with Crippen molar-refractivity contribution in [2.75, 3.05) is 0 Å². The fraction of sp³-hybridized carbons (Fsp3) is 0.300. The van der Waals surface area contributed by atoms with E-state index in [1.54, 1.807) is 13.8 Å². The van der Waals surface area contributed by atoms with Crippen LogP contribution < -0.4 is 0 Å². The number of hydrogen-bond acceptors (Lipinski definition) is 1. The molecule has 1 N–H and O–H groups in total. The summed E-state index contributed by atoms with van der Waals surface area (Å²) < 4.78 is 13.1. The highest BCUT2D eigenvalue weighted by atomic mass is 19.1. The van der Waals surface area contributed by atoms with Crippen molar-refractivity contribution in [3.63, 3.8) is 0 Å². The lowest BCUT2D eigenvalue weighted by Gasteiger charge is -2.04. The van der Waals surface area contributed by atoms with Crippen molar-refractivity contribution in [1.29, 1.82) is 0 Å². The molecule has 0 spiro atoms. The SMILES string of the molecule is CCc1cc(C(=O)O)c(C)cc1F. The Morgan fingerprint density at radius 1 is 1.54 bits per heavy atom. The Morgan fingerprint density at radius 2 is 2.15 bits per heavy atom. The summed E-state index contributed by atoms with van der Waals surface area (Å²) in [6.07, 6.45) is 0.506. The van der Waals surface area contributed by atoms with Gasteiger partial charge in [-0.05, 0) is 36.6 Å². The van der Waals surface area contributed by atoms with E-state index in [1.165, 1.54) is 12.1 Å². The normalized spacial score (nSPS) is 10.1. The van der Waals surface area contributed by atoms with E-state index < -0.39 is 5.97 Å². The molecular weight excluding hydrogens is 171 g/mol. The number of halogens is 1. The molecule has 13 heavy (non-hydrogen) atoms. The van der Waals surface area contributed by atoms with E-state index >= 15 is 0 Å². The molecular formula is C10H11FO2. The zero-order valence-electron chi connectivity index (χ0n) is 7.60. The predicted octanol–water partition coefficient (Wildman–Crippen LogP) is 2.39. The highest BCUT2D eigenvalue weighted by Gasteiger charge is 2.10. The summed E-state index contributed by atoms with van der Waals surface area (Å²) >= 11 is 0. The third-order valence-corrected chi connectivity index (χ3v) is 2.00. The summed E-state index contributed by atoms with van der Waals surface area (Å²) in [7, 11) is 0. The number of carboxylic acid groups (broad SMARTS) is 1. The Hall–Kier alpha value is -1.38. The number of benzene rings is 1. The third kappa shape index (κ3) is 1.86. The van der Waals surface area contributed by atoms with Crippen LogP contribution in [0.5, 0.6) is 0 Å². The topological polar surface area (TPSA) is 37.3 Å². The average molecular weight is 182 g/mol. The quantitative estimate of drug-likeness (QED) is 0.762. The molecule has 3 heteroatoms. The van der Waals surface area contributed by atoms with Crippen LogP contribution >= 0.6 is 0 Å². The Kier molecular flexibility index (Phi) is 2.66. The number of aryl methyl sites for hydroxylation is 2. The van der Waals surface area contributed by atoms with Gasteiger partial charge in [0, 0.05) is 0 Å². The van der Waals surface area contributed by atoms with Gasteiger partial charge in [-0.15, -0.1) is 0 Å². The van der Waals surface area contributed by atoms with Crippen LogP contribution in [-0.4, -0.2) is 11.1 Å². The monoisotopic (exact) mass is 182 g/mol. The van der Waals surface area contributed by atoms with E-state index in [-0.39, 0.29) is 11.4 Å². The molecule has 0 aromatic heterocycles. The predicted molar refractivity (Wildman–Crippen MR) is 47.5 cm³/mol. The van der Waals surface area contributed by atoms with Gasteiger partial charge in [-0.25, -0.2) is 9.18 Å². The van der Waals surface area contributed by atoms with E-state index in [0.717, 1.165) is 0 Å². The van der Waals surface area contributed by atoms with Crippen LogP contribution in [0.1, 0.15) is 28.4 Å². The van der Waals surface area contributed by atoms with Gasteiger partial charge in [0.1, 0.15) is 5.82 Å². The van der Waals surface area contributed by atoms with Crippen molar-refractivity contribution in [3.05, 3.63) is 34.6 Å². The first-order chi connectivity index (χ1) is 6.06. The van der Waals surface area contributed by atoms with Crippen LogP contribution in [0.15, 0.2) is 12.1 Å². The number of carbonyl (C=O) groups is 1. The first-order valence-electron chi connectivity index (χ1n) is 4.08. The standard InChI is InChI=1S/C10H11FO2/c1-3-7-5-8(10(12)13)6(2)4-9(7)11/h4-5H,3H2,1-2H3,(H,12,13). The van der Waals surface area contributed by atoms with Gasteiger partial charge in [0.05, 0.1) is 5.56 Å². The van der Waals surface area contributed by atoms with E-state index in [9.17, 15) is 9.18 Å². The first kappa shape index (κ1) is 9.71. The first-order valence-corrected chi connectivity index (χ1v) is 4.08. The largest absolute Gasteiger partial charge is 0.478 e. The molecule has 0 aliphatic heterocycles. The third-order valence-electron chi connectivity index (χ3n) is 2.00. The zero-order chi connectivity index (χ0) is 10.0. The molecule has 0 aliphatic rings. The lowest BCUT2D eigenvalue weighted by molar-refractivity contribution is 0.0696. The summed E-state index contributed by atoms with van der Waals surface area (Å²) in [5.41, 5.74) is 1.09. The molecule has 70 valence electrons. The minimum Gasteiger partial charge on any atom is -0.478 e. The van der Waals surface area contributed by atoms with Gasteiger partial charge < -0.3 is 5.11 Å². The lowest BCUT2D eigenvalue weighted by atomic mass is 10.0. The number of aromatic carboxylic acids is 1. The van der Waals surface area contributed by atoms with Gasteiger partial charge in [0.25, 0.3) is 0 Å². The second kappa shape index (κ2) is 3.56. The Labute approximate surface area is 76.0 Å². The van der Waals surface area contributed by atoms with Crippen LogP contribution in [0.2, 0.25) is 0 Å². The Morgan fingerprint density at radius 3 is 2.62 bits per heavy atom. The van der Waals surface area contributed by atoms with Gasteiger partial charge >= 0.3 is 5.97 Å². The van der Waals surface area contributed by atoms with Crippen molar-refractivity contribution in [2.24, 2.45) is 0 Å². The molecule has 0 atom stereocenters. The fourth-order valence-electron chi connectivity index (χ4n) is 1.22. The average Bonchev–Trinajstić information content (AvgIpc) is 2.03. The van der Waals surface area contributed by atoms with Gasteiger partial charge in [0.2, 0.25) is 0 Å². The molecule has 0 radical (unpaired) electrons. The summed E-state index contributed by atoms with van der Waals surface area (Å²) in [5.74, 6) is -1.34. The molecule has 1 rings (SSSR count). The highest BCUT2D eigenvalue weighted by molar-refractivity contribution is 5.89. The highest BCUT2D eigenvalue weighted by Crippen LogP contribution is 2.15. The number of rotatable bonds is 2. The maximum Gasteiger partial charge on any atom is 0.335 e. The molecule has 0 bridgehead atoms. The number of carboxylic acids is 1. The molecule has 0 saturated heterocycles. The molecule has 2 nitrogen and oxygen atoms in total. The minimum atomic E-state index is -1.01. The zero-order valence-corrected chi connectivity index (χ0v) is 7.60. The van der Waals surface area contributed by atoms with E-state index in [1.807, 2.05) is 0 Å². The lowest BCUT2D eigenvalue weighted by Crippen LogP contribution is -2.02. The minimum absolute atomic E-state index is 0.179.